The molecular formula is C19H20Br4O2. The van der Waals surface area contributed by atoms with Crippen molar-refractivity contribution in [2.75, 3.05) is 0 Å². The molecule has 0 spiro atoms. The fourth-order valence-electron chi connectivity index (χ4n) is 2.96. The van der Waals surface area contributed by atoms with Crippen molar-refractivity contribution < 1.29 is 10.2 Å². The zero-order valence-electron chi connectivity index (χ0n) is 14.5. The van der Waals surface area contributed by atoms with Crippen molar-refractivity contribution >= 4 is 63.7 Å². The van der Waals surface area contributed by atoms with Gasteiger partial charge in [-0.15, -0.1) is 0 Å². The number of phenolic OH excluding ortho intramolecular Hbond substituents is 2. The van der Waals surface area contributed by atoms with Crippen LogP contribution in [0.5, 0.6) is 11.5 Å². The van der Waals surface area contributed by atoms with Crippen molar-refractivity contribution in [1.29, 1.82) is 0 Å². The van der Waals surface area contributed by atoms with E-state index in [0.717, 1.165) is 59.4 Å². The first kappa shape index (κ1) is 21.3. The first-order valence-electron chi connectivity index (χ1n) is 7.91. The van der Waals surface area contributed by atoms with E-state index in [2.05, 4.69) is 63.7 Å². The maximum atomic E-state index is 10.2. The predicted octanol–water partition coefficient (Wildman–Crippen LogP) is 7.56. The van der Waals surface area contributed by atoms with Crippen LogP contribution < -0.4 is 0 Å². The van der Waals surface area contributed by atoms with Gasteiger partial charge in [0.1, 0.15) is 11.5 Å². The third-order valence-corrected chi connectivity index (χ3v) is 8.94. The highest BCUT2D eigenvalue weighted by Crippen LogP contribution is 2.41. The van der Waals surface area contributed by atoms with Crippen molar-refractivity contribution in [3.63, 3.8) is 0 Å². The Bertz CT molecular complexity index is 717. The van der Waals surface area contributed by atoms with Crippen molar-refractivity contribution in [3.8, 4) is 11.5 Å². The normalized spacial score (nSPS) is 11.2. The van der Waals surface area contributed by atoms with E-state index in [1.54, 1.807) is 0 Å². The van der Waals surface area contributed by atoms with Crippen molar-refractivity contribution in [1.82, 2.24) is 0 Å². The fourth-order valence-corrected chi connectivity index (χ4v) is 5.83. The molecule has 2 aromatic carbocycles. The molecule has 0 aliphatic carbocycles. The standard InChI is InChI=1S/C19H20Br4O2/c1-8-14(20)12(15(21)9(2)18(8)24)6-5-7-13-16(22)10(3)19(25)11(4)17(13)23/h24-25H,5-7H2,1-4H3. The van der Waals surface area contributed by atoms with Gasteiger partial charge in [-0.2, -0.15) is 0 Å². The summed E-state index contributed by atoms with van der Waals surface area (Å²) < 4.78 is 3.83. The molecule has 0 aliphatic rings. The fraction of sp³-hybridized carbons (Fsp3) is 0.368. The number of benzene rings is 2. The summed E-state index contributed by atoms with van der Waals surface area (Å²) in [5.74, 6) is 0.663. The number of aromatic hydroxyl groups is 2. The highest BCUT2D eigenvalue weighted by atomic mass is 79.9. The molecule has 0 aliphatic heterocycles. The van der Waals surface area contributed by atoms with Crippen LogP contribution in [0.15, 0.2) is 17.9 Å². The molecule has 0 aromatic heterocycles. The first-order chi connectivity index (χ1) is 11.6. The molecule has 6 heteroatoms. The molecule has 0 unspecified atom stereocenters. The Kier molecular flexibility index (Phi) is 7.08. The maximum Gasteiger partial charge on any atom is 0.123 e. The molecule has 0 atom stereocenters. The molecule has 2 N–H and O–H groups in total. The van der Waals surface area contributed by atoms with Crippen molar-refractivity contribution in [2.24, 2.45) is 0 Å². The highest BCUT2D eigenvalue weighted by molar-refractivity contribution is 9.11. The lowest BCUT2D eigenvalue weighted by molar-refractivity contribution is 0.465. The lowest BCUT2D eigenvalue weighted by atomic mass is 9.98. The molecule has 0 saturated carbocycles. The van der Waals surface area contributed by atoms with Gasteiger partial charge in [-0.1, -0.05) is 63.7 Å². The van der Waals surface area contributed by atoms with Gasteiger partial charge in [-0.3, -0.25) is 0 Å². The maximum absolute atomic E-state index is 10.2. The lowest BCUT2D eigenvalue weighted by Gasteiger charge is -2.17. The van der Waals surface area contributed by atoms with Gasteiger partial charge < -0.3 is 10.2 Å². The van der Waals surface area contributed by atoms with Crippen molar-refractivity contribution in [3.05, 3.63) is 51.3 Å². The highest BCUT2D eigenvalue weighted by Gasteiger charge is 2.18. The molecule has 2 aromatic rings. The first-order valence-corrected chi connectivity index (χ1v) is 11.1. The molecule has 0 fully saturated rings. The van der Waals surface area contributed by atoms with Crippen LogP contribution in [0.2, 0.25) is 0 Å². The number of rotatable bonds is 4. The van der Waals surface area contributed by atoms with E-state index in [-0.39, 0.29) is 0 Å². The summed E-state index contributed by atoms with van der Waals surface area (Å²) in [7, 11) is 0. The molecule has 0 radical (unpaired) electrons. The minimum absolute atomic E-state index is 0.331. The zero-order chi connectivity index (χ0) is 19.0. The summed E-state index contributed by atoms with van der Waals surface area (Å²) in [5, 5.41) is 20.3. The molecular weight excluding hydrogens is 580 g/mol. The van der Waals surface area contributed by atoms with E-state index in [1.807, 2.05) is 27.7 Å². The quantitative estimate of drug-likeness (QED) is 0.381. The molecule has 136 valence electrons. The third kappa shape index (κ3) is 3.97. The summed E-state index contributed by atoms with van der Waals surface area (Å²) in [4.78, 5) is 0. The zero-order valence-corrected chi connectivity index (χ0v) is 20.9. The van der Waals surface area contributed by atoms with Gasteiger partial charge in [0.05, 0.1) is 0 Å². The summed E-state index contributed by atoms with van der Waals surface area (Å²) in [6.45, 7) is 7.68. The SMILES string of the molecule is Cc1c(O)c(C)c(Br)c(CCCc2c(Br)c(C)c(O)c(C)c2Br)c1Br. The molecule has 0 heterocycles. The minimum atomic E-state index is 0.331. The molecule has 0 amide bonds. The monoisotopic (exact) mass is 596 g/mol. The van der Waals surface area contributed by atoms with E-state index in [4.69, 9.17) is 0 Å². The van der Waals surface area contributed by atoms with Gasteiger partial charge in [0.25, 0.3) is 0 Å². The Balaban J connectivity index is 2.29. The van der Waals surface area contributed by atoms with Crippen molar-refractivity contribution in [2.45, 2.75) is 47.0 Å². The Morgan fingerprint density at radius 1 is 0.560 bits per heavy atom. The van der Waals surface area contributed by atoms with Gasteiger partial charge in [0.15, 0.2) is 0 Å². The number of halogens is 4. The van der Waals surface area contributed by atoms with E-state index in [1.165, 1.54) is 11.1 Å². The Morgan fingerprint density at radius 2 is 0.800 bits per heavy atom. The molecule has 0 bridgehead atoms. The average molecular weight is 600 g/mol. The molecule has 25 heavy (non-hydrogen) atoms. The largest absolute Gasteiger partial charge is 0.507 e. The second-order valence-corrected chi connectivity index (χ2v) is 9.44. The lowest BCUT2D eigenvalue weighted by Crippen LogP contribution is -2.00. The van der Waals surface area contributed by atoms with Crippen LogP contribution in [-0.2, 0) is 12.8 Å². The minimum Gasteiger partial charge on any atom is -0.507 e. The summed E-state index contributed by atoms with van der Waals surface area (Å²) in [6.07, 6.45) is 2.70. The van der Waals surface area contributed by atoms with Crippen LogP contribution >= 0.6 is 63.7 Å². The van der Waals surface area contributed by atoms with Crippen LogP contribution in [0.3, 0.4) is 0 Å². The molecule has 2 rings (SSSR count). The van der Waals surface area contributed by atoms with Gasteiger partial charge in [0, 0.05) is 40.1 Å². The Labute approximate surface area is 182 Å². The van der Waals surface area contributed by atoms with E-state index in [0.29, 0.717) is 11.5 Å². The van der Waals surface area contributed by atoms with E-state index in [9.17, 15) is 10.2 Å². The summed E-state index contributed by atoms with van der Waals surface area (Å²) in [6, 6.07) is 0. The summed E-state index contributed by atoms with van der Waals surface area (Å²) in [5.41, 5.74) is 5.83. The van der Waals surface area contributed by atoms with Crippen LogP contribution in [0.25, 0.3) is 0 Å². The van der Waals surface area contributed by atoms with Crippen LogP contribution in [0.1, 0.15) is 39.8 Å². The number of hydrogen-bond acceptors (Lipinski definition) is 2. The van der Waals surface area contributed by atoms with E-state index < -0.39 is 0 Å². The van der Waals surface area contributed by atoms with Gasteiger partial charge >= 0.3 is 0 Å². The molecule has 0 saturated heterocycles. The van der Waals surface area contributed by atoms with Gasteiger partial charge in [0.2, 0.25) is 0 Å². The van der Waals surface area contributed by atoms with Crippen LogP contribution in [-0.4, -0.2) is 10.2 Å². The predicted molar refractivity (Wildman–Crippen MR) is 118 cm³/mol. The number of phenols is 2. The smallest absolute Gasteiger partial charge is 0.123 e. The van der Waals surface area contributed by atoms with E-state index >= 15 is 0 Å². The second kappa shape index (κ2) is 8.32. The van der Waals surface area contributed by atoms with Crippen LogP contribution in [0, 0.1) is 27.7 Å². The Morgan fingerprint density at radius 3 is 1.04 bits per heavy atom. The topological polar surface area (TPSA) is 40.5 Å². The molecule has 2 nitrogen and oxygen atoms in total. The number of hydrogen-bond donors (Lipinski definition) is 2. The third-order valence-electron chi connectivity index (χ3n) is 4.65. The average Bonchev–Trinajstić information content (AvgIpc) is 2.60. The van der Waals surface area contributed by atoms with Crippen LogP contribution in [0.4, 0.5) is 0 Å². The summed E-state index contributed by atoms with van der Waals surface area (Å²) >= 11 is 14.5. The van der Waals surface area contributed by atoms with Gasteiger partial charge in [-0.25, -0.2) is 0 Å². The van der Waals surface area contributed by atoms with Gasteiger partial charge in [-0.05, 0) is 58.1 Å². The Hall–Kier alpha value is -0.0400. The second-order valence-electron chi connectivity index (χ2n) is 6.26.